The summed E-state index contributed by atoms with van der Waals surface area (Å²) < 4.78 is 1.56. The second kappa shape index (κ2) is 4.73. The summed E-state index contributed by atoms with van der Waals surface area (Å²) in [4.78, 5) is 33.1. The van der Waals surface area contributed by atoms with Gasteiger partial charge in [-0.2, -0.15) is 0 Å². The van der Waals surface area contributed by atoms with E-state index in [-0.39, 0.29) is 11.0 Å². The normalized spacial score (nSPS) is 10.6. The quantitative estimate of drug-likeness (QED) is 0.813. The fourth-order valence-corrected chi connectivity index (χ4v) is 1.83. The molecule has 94 valence electrons. The van der Waals surface area contributed by atoms with Crippen molar-refractivity contribution in [1.29, 1.82) is 0 Å². The van der Waals surface area contributed by atoms with Crippen LogP contribution >= 0.6 is 15.9 Å². The number of anilines is 1. The first-order valence-corrected chi connectivity index (χ1v) is 5.84. The highest BCUT2D eigenvalue weighted by atomic mass is 79.9. The van der Waals surface area contributed by atoms with Gasteiger partial charge in [-0.15, -0.1) is 0 Å². The van der Waals surface area contributed by atoms with Gasteiger partial charge in [-0.05, 0) is 22.9 Å². The number of aromatic amines is 1. The van der Waals surface area contributed by atoms with Crippen LogP contribution in [0.15, 0.2) is 26.3 Å². The van der Waals surface area contributed by atoms with E-state index in [0.717, 1.165) is 0 Å². The first-order chi connectivity index (χ1) is 8.45. The van der Waals surface area contributed by atoms with Gasteiger partial charge in [-0.3, -0.25) is 14.3 Å². The summed E-state index contributed by atoms with van der Waals surface area (Å²) >= 11 is 3.05. The molecule has 2 heterocycles. The minimum absolute atomic E-state index is 0.139. The van der Waals surface area contributed by atoms with Crippen molar-refractivity contribution in [2.24, 2.45) is 0 Å². The third-order valence-corrected chi connectivity index (χ3v) is 2.76. The van der Waals surface area contributed by atoms with Gasteiger partial charge in [-0.25, -0.2) is 14.8 Å². The molecule has 0 fully saturated rings. The van der Waals surface area contributed by atoms with E-state index in [4.69, 9.17) is 5.73 Å². The number of rotatable bonds is 2. The number of nitrogen functional groups attached to an aromatic ring is 1. The molecule has 2 rings (SSSR count). The lowest BCUT2D eigenvalue weighted by molar-refractivity contribution is 0.680. The molecule has 0 aliphatic rings. The summed E-state index contributed by atoms with van der Waals surface area (Å²) in [5, 5.41) is 0. The van der Waals surface area contributed by atoms with Crippen molar-refractivity contribution in [2.45, 2.75) is 13.5 Å². The molecule has 18 heavy (non-hydrogen) atoms. The highest BCUT2D eigenvalue weighted by molar-refractivity contribution is 9.10. The number of nitrogens with two attached hydrogens (primary N) is 1. The Kier molecular flexibility index (Phi) is 3.28. The number of H-pyrrole nitrogens is 1. The standard InChI is InChI=1S/C10H10BrN5O2/c1-5-2-7(12)14-8(13-5)4-16-3-6(11)9(17)15-10(16)18/h2-3H,4H2,1H3,(H2,12,13,14)(H,15,17,18). The molecular formula is C10H10BrN5O2. The summed E-state index contributed by atoms with van der Waals surface area (Å²) in [6.07, 6.45) is 1.39. The molecule has 0 atom stereocenters. The zero-order chi connectivity index (χ0) is 13.3. The number of nitrogens with zero attached hydrogens (tertiary/aromatic N) is 3. The van der Waals surface area contributed by atoms with Gasteiger partial charge in [0.15, 0.2) is 5.82 Å². The van der Waals surface area contributed by atoms with Crippen molar-refractivity contribution in [3.8, 4) is 0 Å². The van der Waals surface area contributed by atoms with E-state index >= 15 is 0 Å². The molecule has 0 unspecified atom stereocenters. The molecule has 2 aromatic heterocycles. The van der Waals surface area contributed by atoms with E-state index in [2.05, 4.69) is 30.9 Å². The third-order valence-electron chi connectivity index (χ3n) is 2.20. The Bertz CT molecular complexity index is 686. The molecular weight excluding hydrogens is 302 g/mol. The number of nitrogens with one attached hydrogen (secondary N) is 1. The zero-order valence-electron chi connectivity index (χ0n) is 9.48. The Morgan fingerprint density at radius 3 is 2.83 bits per heavy atom. The molecule has 0 spiro atoms. The van der Waals surface area contributed by atoms with E-state index in [1.807, 2.05) is 0 Å². The Balaban J connectivity index is 2.43. The number of aromatic nitrogens is 4. The van der Waals surface area contributed by atoms with E-state index in [0.29, 0.717) is 17.3 Å². The number of halogens is 1. The van der Waals surface area contributed by atoms with E-state index < -0.39 is 11.2 Å². The van der Waals surface area contributed by atoms with Crippen LogP contribution in [-0.4, -0.2) is 19.5 Å². The summed E-state index contributed by atoms with van der Waals surface area (Å²) in [6.45, 7) is 1.92. The monoisotopic (exact) mass is 311 g/mol. The lowest BCUT2D eigenvalue weighted by Gasteiger charge is -2.05. The Labute approximate surface area is 110 Å². The lowest BCUT2D eigenvalue weighted by atomic mass is 10.4. The number of hydrogen-bond donors (Lipinski definition) is 2. The first-order valence-electron chi connectivity index (χ1n) is 5.05. The molecule has 3 N–H and O–H groups in total. The molecule has 0 aliphatic carbocycles. The summed E-state index contributed by atoms with van der Waals surface area (Å²) in [7, 11) is 0. The van der Waals surface area contributed by atoms with Crippen molar-refractivity contribution in [1.82, 2.24) is 19.5 Å². The average molecular weight is 312 g/mol. The fourth-order valence-electron chi connectivity index (χ4n) is 1.48. The molecule has 7 nitrogen and oxygen atoms in total. The van der Waals surface area contributed by atoms with Crippen molar-refractivity contribution in [3.05, 3.63) is 49.1 Å². The Hall–Kier alpha value is -1.96. The third kappa shape index (κ3) is 2.65. The maximum atomic E-state index is 11.6. The minimum Gasteiger partial charge on any atom is -0.384 e. The van der Waals surface area contributed by atoms with Crippen LogP contribution in [0, 0.1) is 6.92 Å². The van der Waals surface area contributed by atoms with Crippen LogP contribution in [0.3, 0.4) is 0 Å². The molecule has 8 heteroatoms. The maximum absolute atomic E-state index is 11.6. The van der Waals surface area contributed by atoms with Crippen LogP contribution < -0.4 is 17.0 Å². The average Bonchev–Trinajstić information content (AvgIpc) is 2.24. The van der Waals surface area contributed by atoms with Crippen LogP contribution in [0.1, 0.15) is 11.5 Å². The molecule has 0 saturated carbocycles. The maximum Gasteiger partial charge on any atom is 0.328 e. The topological polar surface area (TPSA) is 107 Å². The number of hydrogen-bond acceptors (Lipinski definition) is 5. The molecule has 0 amide bonds. The Morgan fingerprint density at radius 2 is 2.17 bits per heavy atom. The largest absolute Gasteiger partial charge is 0.384 e. The van der Waals surface area contributed by atoms with Crippen molar-refractivity contribution >= 4 is 21.7 Å². The second-order valence-corrected chi connectivity index (χ2v) is 4.57. The van der Waals surface area contributed by atoms with E-state index in [1.165, 1.54) is 10.8 Å². The van der Waals surface area contributed by atoms with Gasteiger partial charge >= 0.3 is 5.69 Å². The smallest absolute Gasteiger partial charge is 0.328 e. The van der Waals surface area contributed by atoms with Crippen molar-refractivity contribution in [2.75, 3.05) is 5.73 Å². The Morgan fingerprint density at radius 1 is 1.44 bits per heavy atom. The van der Waals surface area contributed by atoms with Gasteiger partial charge < -0.3 is 5.73 Å². The van der Waals surface area contributed by atoms with E-state index in [1.54, 1.807) is 13.0 Å². The summed E-state index contributed by atoms with van der Waals surface area (Å²) in [6, 6.07) is 1.63. The van der Waals surface area contributed by atoms with Crippen LogP contribution in [0.5, 0.6) is 0 Å². The van der Waals surface area contributed by atoms with Gasteiger partial charge in [0.25, 0.3) is 5.56 Å². The zero-order valence-corrected chi connectivity index (χ0v) is 11.1. The minimum atomic E-state index is -0.521. The van der Waals surface area contributed by atoms with Gasteiger partial charge in [0.2, 0.25) is 0 Å². The predicted octanol–water partition coefficient (Wildman–Crippen LogP) is 0.0280. The highest BCUT2D eigenvalue weighted by Gasteiger charge is 2.05. The molecule has 2 aromatic rings. The SMILES string of the molecule is Cc1cc(N)nc(Cn2cc(Br)c(=O)[nH]c2=O)n1. The molecule has 0 radical (unpaired) electrons. The van der Waals surface area contributed by atoms with Gasteiger partial charge in [0.1, 0.15) is 5.82 Å². The molecule has 0 aliphatic heterocycles. The molecule has 0 saturated heterocycles. The lowest BCUT2D eigenvalue weighted by Crippen LogP contribution is -2.30. The molecule has 0 bridgehead atoms. The fraction of sp³-hybridized carbons (Fsp3) is 0.200. The van der Waals surface area contributed by atoms with Gasteiger partial charge in [-0.1, -0.05) is 0 Å². The van der Waals surface area contributed by atoms with Gasteiger partial charge in [0.05, 0.1) is 11.0 Å². The van der Waals surface area contributed by atoms with Crippen molar-refractivity contribution in [3.63, 3.8) is 0 Å². The predicted molar refractivity (Wildman–Crippen MR) is 69.3 cm³/mol. The second-order valence-electron chi connectivity index (χ2n) is 3.71. The first kappa shape index (κ1) is 12.5. The summed E-state index contributed by atoms with van der Waals surface area (Å²) in [5.41, 5.74) is 5.32. The summed E-state index contributed by atoms with van der Waals surface area (Å²) in [5.74, 6) is 0.752. The van der Waals surface area contributed by atoms with Crippen LogP contribution in [0.25, 0.3) is 0 Å². The van der Waals surface area contributed by atoms with Crippen LogP contribution in [0.4, 0.5) is 5.82 Å². The van der Waals surface area contributed by atoms with Gasteiger partial charge in [0, 0.05) is 18.0 Å². The molecule has 0 aromatic carbocycles. The number of aryl methyl sites for hydroxylation is 1. The van der Waals surface area contributed by atoms with E-state index in [9.17, 15) is 9.59 Å². The van der Waals surface area contributed by atoms with Crippen LogP contribution in [-0.2, 0) is 6.54 Å². The van der Waals surface area contributed by atoms with Crippen LogP contribution in [0.2, 0.25) is 0 Å². The highest BCUT2D eigenvalue weighted by Crippen LogP contribution is 2.04. The van der Waals surface area contributed by atoms with Crippen molar-refractivity contribution < 1.29 is 0 Å².